The van der Waals surface area contributed by atoms with Crippen molar-refractivity contribution in [3.05, 3.63) is 47.3 Å². The monoisotopic (exact) mass is 272 g/mol. The lowest BCUT2D eigenvalue weighted by Gasteiger charge is -2.02. The Morgan fingerprint density at radius 3 is 2.90 bits per heavy atom. The molecule has 0 spiro atoms. The molecule has 1 heterocycles. The van der Waals surface area contributed by atoms with Crippen molar-refractivity contribution in [2.75, 3.05) is 0 Å². The first-order valence-corrected chi connectivity index (χ1v) is 6.16. The molecule has 104 valence electrons. The van der Waals surface area contributed by atoms with Crippen molar-refractivity contribution < 1.29 is 9.90 Å². The first-order chi connectivity index (χ1) is 9.54. The van der Waals surface area contributed by atoms with E-state index in [9.17, 15) is 9.90 Å². The van der Waals surface area contributed by atoms with Crippen LogP contribution in [0.2, 0.25) is 0 Å². The van der Waals surface area contributed by atoms with Crippen LogP contribution in [-0.4, -0.2) is 27.0 Å². The third-order valence-electron chi connectivity index (χ3n) is 2.67. The summed E-state index contributed by atoms with van der Waals surface area (Å²) in [5, 5.41) is 17.3. The number of carbonyl (C=O) groups is 1. The number of hydrazone groups is 1. The minimum atomic E-state index is -0.257. The lowest BCUT2D eigenvalue weighted by Crippen LogP contribution is -2.24. The zero-order valence-electron chi connectivity index (χ0n) is 11.4. The number of aromatic nitrogens is 2. The van der Waals surface area contributed by atoms with Crippen molar-refractivity contribution in [3.8, 4) is 5.75 Å². The molecule has 0 bridgehead atoms. The second-order valence-electron chi connectivity index (χ2n) is 4.47. The second kappa shape index (κ2) is 6.01. The molecule has 2 N–H and O–H groups in total. The quantitative estimate of drug-likeness (QED) is 0.651. The van der Waals surface area contributed by atoms with Gasteiger partial charge in [0.25, 0.3) is 5.91 Å². The average molecular weight is 272 g/mol. The predicted molar refractivity (Wildman–Crippen MR) is 75.5 cm³/mol. The molecule has 0 unspecified atom stereocenters. The molecule has 0 aliphatic carbocycles. The fraction of sp³-hybridized carbons (Fsp3) is 0.214. The number of rotatable bonds is 4. The minimum Gasteiger partial charge on any atom is -0.508 e. The number of carbonyl (C=O) groups excluding carboxylic acids is 1. The van der Waals surface area contributed by atoms with E-state index in [1.807, 2.05) is 19.9 Å². The summed E-state index contributed by atoms with van der Waals surface area (Å²) in [6.07, 6.45) is 1.47. The Balaban J connectivity index is 1.91. The van der Waals surface area contributed by atoms with Crippen LogP contribution in [0.4, 0.5) is 0 Å². The molecule has 2 aromatic rings. The lowest BCUT2D eigenvalue weighted by molar-refractivity contribution is -0.121. The summed E-state index contributed by atoms with van der Waals surface area (Å²) in [4.78, 5) is 11.7. The molecule has 1 amide bonds. The third-order valence-corrected chi connectivity index (χ3v) is 2.67. The lowest BCUT2D eigenvalue weighted by atomic mass is 10.2. The highest BCUT2D eigenvalue weighted by molar-refractivity contribution is 5.82. The van der Waals surface area contributed by atoms with E-state index in [2.05, 4.69) is 15.6 Å². The van der Waals surface area contributed by atoms with Crippen molar-refractivity contribution in [2.45, 2.75) is 20.4 Å². The third kappa shape index (κ3) is 3.68. The van der Waals surface area contributed by atoms with Gasteiger partial charge in [-0.3, -0.25) is 9.48 Å². The first-order valence-electron chi connectivity index (χ1n) is 6.16. The van der Waals surface area contributed by atoms with Crippen LogP contribution < -0.4 is 5.43 Å². The van der Waals surface area contributed by atoms with E-state index in [1.54, 1.807) is 28.9 Å². The number of phenolic OH excluding ortho intramolecular Hbond substituents is 1. The van der Waals surface area contributed by atoms with E-state index in [0.717, 1.165) is 11.4 Å². The molecular formula is C14H16N4O2. The van der Waals surface area contributed by atoms with Crippen molar-refractivity contribution >= 4 is 12.1 Å². The van der Waals surface area contributed by atoms with Gasteiger partial charge in [-0.1, -0.05) is 12.1 Å². The Morgan fingerprint density at radius 2 is 2.25 bits per heavy atom. The van der Waals surface area contributed by atoms with Crippen LogP contribution in [0, 0.1) is 13.8 Å². The maximum atomic E-state index is 11.7. The van der Waals surface area contributed by atoms with Gasteiger partial charge in [0.1, 0.15) is 12.3 Å². The van der Waals surface area contributed by atoms with Gasteiger partial charge in [0.15, 0.2) is 0 Å². The van der Waals surface area contributed by atoms with Crippen LogP contribution in [0.25, 0.3) is 0 Å². The van der Waals surface area contributed by atoms with Crippen LogP contribution in [0.3, 0.4) is 0 Å². The smallest absolute Gasteiger partial charge is 0.261 e. The SMILES string of the molecule is Cc1cc(C)n(CC(=O)N/N=C/c2cccc(O)c2)n1. The number of aromatic hydroxyl groups is 1. The summed E-state index contributed by atoms with van der Waals surface area (Å²) >= 11 is 0. The van der Waals surface area contributed by atoms with Crippen LogP contribution in [0.5, 0.6) is 5.75 Å². The number of nitrogens with zero attached hydrogens (tertiary/aromatic N) is 3. The number of benzene rings is 1. The fourth-order valence-electron chi connectivity index (χ4n) is 1.79. The summed E-state index contributed by atoms with van der Waals surface area (Å²) in [6.45, 7) is 3.89. The van der Waals surface area contributed by atoms with Crippen LogP contribution >= 0.6 is 0 Å². The molecule has 6 heteroatoms. The van der Waals surface area contributed by atoms with Gasteiger partial charge < -0.3 is 5.11 Å². The number of phenols is 1. The Morgan fingerprint density at radius 1 is 1.45 bits per heavy atom. The molecule has 0 radical (unpaired) electrons. The molecule has 2 rings (SSSR count). The Kier molecular flexibility index (Phi) is 4.14. The van der Waals surface area contributed by atoms with Gasteiger partial charge in [0.05, 0.1) is 11.9 Å². The van der Waals surface area contributed by atoms with Gasteiger partial charge in [0.2, 0.25) is 0 Å². The van der Waals surface area contributed by atoms with Gasteiger partial charge in [-0.15, -0.1) is 0 Å². The summed E-state index contributed by atoms with van der Waals surface area (Å²) in [5.41, 5.74) is 4.93. The molecule has 0 aliphatic heterocycles. The zero-order valence-corrected chi connectivity index (χ0v) is 11.4. The highest BCUT2D eigenvalue weighted by Crippen LogP contribution is 2.08. The summed E-state index contributed by atoms with van der Waals surface area (Å²) in [6, 6.07) is 8.50. The van der Waals surface area contributed by atoms with Crippen molar-refractivity contribution in [3.63, 3.8) is 0 Å². The van der Waals surface area contributed by atoms with E-state index in [1.165, 1.54) is 6.21 Å². The second-order valence-corrected chi connectivity index (χ2v) is 4.47. The average Bonchev–Trinajstić information content (AvgIpc) is 2.68. The van der Waals surface area contributed by atoms with Gasteiger partial charge >= 0.3 is 0 Å². The number of hydrogen-bond donors (Lipinski definition) is 2. The van der Waals surface area contributed by atoms with Gasteiger partial charge in [0, 0.05) is 5.69 Å². The molecule has 1 aromatic heterocycles. The highest BCUT2D eigenvalue weighted by Gasteiger charge is 2.05. The van der Waals surface area contributed by atoms with E-state index in [4.69, 9.17) is 0 Å². The molecule has 6 nitrogen and oxygen atoms in total. The largest absolute Gasteiger partial charge is 0.508 e. The number of aryl methyl sites for hydroxylation is 2. The molecule has 0 saturated heterocycles. The molecule has 1 aromatic carbocycles. The number of nitrogens with one attached hydrogen (secondary N) is 1. The van der Waals surface area contributed by atoms with Crippen LogP contribution in [0.1, 0.15) is 17.0 Å². The van der Waals surface area contributed by atoms with Gasteiger partial charge in [-0.25, -0.2) is 5.43 Å². The molecule has 0 aliphatic rings. The van der Waals surface area contributed by atoms with Crippen LogP contribution in [-0.2, 0) is 11.3 Å². The number of hydrogen-bond acceptors (Lipinski definition) is 4. The van der Waals surface area contributed by atoms with E-state index in [-0.39, 0.29) is 18.2 Å². The highest BCUT2D eigenvalue weighted by atomic mass is 16.3. The summed E-state index contributed by atoms with van der Waals surface area (Å²) in [7, 11) is 0. The van der Waals surface area contributed by atoms with Gasteiger partial charge in [-0.2, -0.15) is 10.2 Å². The summed E-state index contributed by atoms with van der Waals surface area (Å²) < 4.78 is 1.62. The van der Waals surface area contributed by atoms with E-state index in [0.29, 0.717) is 5.56 Å². The molecule has 0 atom stereocenters. The van der Waals surface area contributed by atoms with Crippen molar-refractivity contribution in [2.24, 2.45) is 5.10 Å². The number of amides is 1. The van der Waals surface area contributed by atoms with E-state index < -0.39 is 0 Å². The standard InChI is InChI=1S/C14H16N4O2/c1-10-6-11(2)18(17-10)9-14(20)16-15-8-12-4-3-5-13(19)7-12/h3-8,19H,9H2,1-2H3,(H,16,20)/b15-8+. The maximum absolute atomic E-state index is 11.7. The van der Waals surface area contributed by atoms with E-state index >= 15 is 0 Å². The molecular weight excluding hydrogens is 256 g/mol. The van der Waals surface area contributed by atoms with Crippen molar-refractivity contribution in [1.82, 2.24) is 15.2 Å². The molecule has 0 saturated carbocycles. The summed E-state index contributed by atoms with van der Waals surface area (Å²) in [5.74, 6) is -0.101. The Hall–Kier alpha value is -2.63. The predicted octanol–water partition coefficient (Wildman–Crippen LogP) is 1.36. The Bertz CT molecular complexity index is 646. The fourth-order valence-corrected chi connectivity index (χ4v) is 1.79. The van der Waals surface area contributed by atoms with Crippen LogP contribution in [0.15, 0.2) is 35.4 Å². The molecule has 20 heavy (non-hydrogen) atoms. The maximum Gasteiger partial charge on any atom is 0.261 e. The zero-order chi connectivity index (χ0) is 14.5. The molecule has 0 fully saturated rings. The Labute approximate surface area is 116 Å². The first kappa shape index (κ1) is 13.8. The topological polar surface area (TPSA) is 79.5 Å². The van der Waals surface area contributed by atoms with Gasteiger partial charge in [-0.05, 0) is 37.6 Å². The normalized spacial score (nSPS) is 10.9. The van der Waals surface area contributed by atoms with Crippen molar-refractivity contribution in [1.29, 1.82) is 0 Å². The minimum absolute atomic E-state index is 0.122.